The molecule has 2 atom stereocenters. The molecule has 3 aliphatic carbocycles. The summed E-state index contributed by atoms with van der Waals surface area (Å²) in [5.74, 6) is 0.529. The van der Waals surface area contributed by atoms with Crippen LogP contribution in [0.4, 0.5) is 0 Å². The molecular weight excluding hydrogens is 152 g/mol. The summed E-state index contributed by atoms with van der Waals surface area (Å²) in [5.41, 5.74) is -0.635. The lowest BCUT2D eigenvalue weighted by atomic mass is 9.86. The summed E-state index contributed by atoms with van der Waals surface area (Å²) >= 11 is 0. The van der Waals surface area contributed by atoms with E-state index in [2.05, 4.69) is 6.08 Å². The van der Waals surface area contributed by atoms with Crippen LogP contribution in [0.25, 0.3) is 0 Å². The van der Waals surface area contributed by atoms with E-state index >= 15 is 0 Å². The van der Waals surface area contributed by atoms with Crippen molar-refractivity contribution >= 4 is 5.78 Å². The predicted octanol–water partition coefficient (Wildman–Crippen LogP) is 1.48. The van der Waals surface area contributed by atoms with Crippen molar-refractivity contribution in [1.82, 2.24) is 0 Å². The highest BCUT2D eigenvalue weighted by molar-refractivity contribution is 5.99. The number of fused-ring (bicyclic) bond motifs is 2. The summed E-state index contributed by atoms with van der Waals surface area (Å²) < 4.78 is 5.27. The van der Waals surface area contributed by atoms with Gasteiger partial charge in [0.1, 0.15) is 5.60 Å². The van der Waals surface area contributed by atoms with Gasteiger partial charge in [-0.15, -0.1) is 0 Å². The maximum Gasteiger partial charge on any atom is 0.191 e. The van der Waals surface area contributed by atoms with Crippen LogP contribution in [0.15, 0.2) is 24.3 Å². The van der Waals surface area contributed by atoms with Gasteiger partial charge in [-0.2, -0.15) is 0 Å². The Balaban J connectivity index is 2.43. The van der Waals surface area contributed by atoms with E-state index in [1.54, 1.807) is 13.2 Å². The van der Waals surface area contributed by atoms with Gasteiger partial charge in [-0.3, -0.25) is 4.79 Å². The highest BCUT2D eigenvalue weighted by Gasteiger charge is 2.38. The Hall–Kier alpha value is -0.890. The number of ether oxygens (including phenoxy) is 1. The van der Waals surface area contributed by atoms with Gasteiger partial charge in [-0.25, -0.2) is 0 Å². The zero-order valence-electron chi connectivity index (χ0n) is 7.12. The van der Waals surface area contributed by atoms with Crippen LogP contribution in [-0.4, -0.2) is 18.5 Å². The van der Waals surface area contributed by atoms with Crippen LogP contribution in [-0.2, 0) is 9.53 Å². The van der Waals surface area contributed by atoms with Crippen molar-refractivity contribution in [2.24, 2.45) is 5.92 Å². The topological polar surface area (TPSA) is 26.3 Å². The summed E-state index contributed by atoms with van der Waals surface area (Å²) in [5, 5.41) is 0. The first-order valence-electron chi connectivity index (χ1n) is 4.24. The van der Waals surface area contributed by atoms with Gasteiger partial charge in [0.05, 0.1) is 0 Å². The van der Waals surface area contributed by atoms with Gasteiger partial charge in [-0.05, 0) is 30.9 Å². The van der Waals surface area contributed by atoms with Gasteiger partial charge >= 0.3 is 0 Å². The number of carbonyl (C=O) groups is 1. The first kappa shape index (κ1) is 7.74. The Morgan fingerprint density at radius 2 is 2.42 bits per heavy atom. The second-order valence-electron chi connectivity index (χ2n) is 3.38. The van der Waals surface area contributed by atoms with Gasteiger partial charge in [0.2, 0.25) is 0 Å². The fourth-order valence-electron chi connectivity index (χ4n) is 1.83. The molecule has 0 amide bonds. The first-order chi connectivity index (χ1) is 5.77. The molecule has 0 N–H and O–H groups in total. The van der Waals surface area contributed by atoms with E-state index in [-0.39, 0.29) is 5.78 Å². The van der Waals surface area contributed by atoms with Crippen LogP contribution in [0.1, 0.15) is 12.8 Å². The molecule has 0 unspecified atom stereocenters. The number of carbonyl (C=O) groups excluding carboxylic acids is 1. The summed E-state index contributed by atoms with van der Waals surface area (Å²) in [6, 6.07) is 0. The van der Waals surface area contributed by atoms with Crippen LogP contribution in [0.3, 0.4) is 0 Å². The quantitative estimate of drug-likeness (QED) is 0.549. The van der Waals surface area contributed by atoms with Crippen LogP contribution >= 0.6 is 0 Å². The molecule has 0 aromatic heterocycles. The largest absolute Gasteiger partial charge is 0.366 e. The van der Waals surface area contributed by atoms with E-state index in [1.165, 1.54) is 0 Å². The van der Waals surface area contributed by atoms with E-state index in [0.717, 1.165) is 12.8 Å². The molecule has 12 heavy (non-hydrogen) atoms. The molecule has 0 aliphatic heterocycles. The summed E-state index contributed by atoms with van der Waals surface area (Å²) in [4.78, 5) is 11.6. The Morgan fingerprint density at radius 1 is 1.58 bits per heavy atom. The first-order valence-corrected chi connectivity index (χ1v) is 4.24. The van der Waals surface area contributed by atoms with Crippen molar-refractivity contribution in [2.75, 3.05) is 7.11 Å². The van der Waals surface area contributed by atoms with Crippen molar-refractivity contribution in [3.63, 3.8) is 0 Å². The van der Waals surface area contributed by atoms with E-state index in [1.807, 2.05) is 12.2 Å². The van der Waals surface area contributed by atoms with Crippen molar-refractivity contribution in [3.8, 4) is 0 Å². The molecule has 0 spiro atoms. The number of allylic oxidation sites excluding steroid dienone is 2. The molecule has 2 nitrogen and oxygen atoms in total. The molecule has 0 saturated heterocycles. The molecule has 0 radical (unpaired) electrons. The van der Waals surface area contributed by atoms with Crippen molar-refractivity contribution in [1.29, 1.82) is 0 Å². The third-order valence-electron chi connectivity index (χ3n) is 2.74. The Bertz CT molecular complexity index is 265. The molecule has 64 valence electrons. The zero-order chi connectivity index (χ0) is 8.60. The molecule has 3 aliphatic rings. The predicted molar refractivity (Wildman–Crippen MR) is 45.8 cm³/mol. The normalized spacial score (nSPS) is 38.8. The summed E-state index contributed by atoms with van der Waals surface area (Å²) in [6.07, 6.45) is 9.43. The van der Waals surface area contributed by atoms with E-state index in [9.17, 15) is 4.79 Å². The molecule has 3 rings (SSSR count). The second-order valence-corrected chi connectivity index (χ2v) is 3.38. The maximum atomic E-state index is 11.6. The Kier molecular flexibility index (Phi) is 1.65. The Labute approximate surface area is 71.9 Å². The SMILES string of the molecule is CO[C@]12C=C[C@H](C=CC1=O)CC2. The van der Waals surface area contributed by atoms with Crippen LogP contribution in [0.5, 0.6) is 0 Å². The van der Waals surface area contributed by atoms with Gasteiger partial charge in [0.25, 0.3) is 0 Å². The monoisotopic (exact) mass is 164 g/mol. The minimum atomic E-state index is -0.635. The molecule has 0 fully saturated rings. The number of ketones is 1. The second kappa shape index (κ2) is 2.56. The maximum absolute atomic E-state index is 11.6. The summed E-state index contributed by atoms with van der Waals surface area (Å²) in [7, 11) is 1.60. The van der Waals surface area contributed by atoms with Crippen molar-refractivity contribution in [2.45, 2.75) is 18.4 Å². The number of hydrogen-bond donors (Lipinski definition) is 0. The zero-order valence-corrected chi connectivity index (χ0v) is 7.12. The molecule has 2 bridgehead atoms. The lowest BCUT2D eigenvalue weighted by Gasteiger charge is -2.28. The summed E-state index contributed by atoms with van der Waals surface area (Å²) in [6.45, 7) is 0. The van der Waals surface area contributed by atoms with Crippen LogP contribution in [0.2, 0.25) is 0 Å². The highest BCUT2D eigenvalue weighted by atomic mass is 16.5. The standard InChI is InChI=1S/C10H12O2/c1-12-10-6-4-8(5-7-10)2-3-9(10)11/h2-4,6,8H,5,7H2,1H3/t8-,10-/m0/s1. The average molecular weight is 164 g/mol. The van der Waals surface area contributed by atoms with E-state index in [0.29, 0.717) is 5.92 Å². The number of methoxy groups -OCH3 is 1. The lowest BCUT2D eigenvalue weighted by Crippen LogP contribution is -2.38. The van der Waals surface area contributed by atoms with Crippen LogP contribution in [0, 0.1) is 5.92 Å². The smallest absolute Gasteiger partial charge is 0.191 e. The minimum Gasteiger partial charge on any atom is -0.366 e. The molecule has 0 heterocycles. The minimum absolute atomic E-state index is 0.0845. The Morgan fingerprint density at radius 3 is 3.00 bits per heavy atom. The lowest BCUT2D eigenvalue weighted by molar-refractivity contribution is -0.131. The molecule has 0 saturated carbocycles. The van der Waals surface area contributed by atoms with Gasteiger partial charge in [0, 0.05) is 7.11 Å². The molecule has 0 aromatic carbocycles. The fraction of sp³-hybridized carbons (Fsp3) is 0.500. The fourth-order valence-corrected chi connectivity index (χ4v) is 1.83. The van der Waals surface area contributed by atoms with Crippen molar-refractivity contribution < 1.29 is 9.53 Å². The van der Waals surface area contributed by atoms with E-state index < -0.39 is 5.60 Å². The average Bonchev–Trinajstić information content (AvgIpc) is 2.37. The van der Waals surface area contributed by atoms with Crippen LogP contribution < -0.4 is 0 Å². The van der Waals surface area contributed by atoms with Gasteiger partial charge in [0.15, 0.2) is 5.78 Å². The molecule has 2 heteroatoms. The molecular formula is C10H12O2. The number of rotatable bonds is 1. The van der Waals surface area contributed by atoms with E-state index in [4.69, 9.17) is 4.74 Å². The number of hydrogen-bond acceptors (Lipinski definition) is 2. The van der Waals surface area contributed by atoms with Gasteiger partial charge in [-0.1, -0.05) is 12.2 Å². The third-order valence-corrected chi connectivity index (χ3v) is 2.74. The van der Waals surface area contributed by atoms with Crippen molar-refractivity contribution in [3.05, 3.63) is 24.3 Å². The third kappa shape index (κ3) is 0.950. The highest BCUT2D eigenvalue weighted by Crippen LogP contribution is 2.33. The van der Waals surface area contributed by atoms with Gasteiger partial charge < -0.3 is 4.74 Å². The molecule has 0 aromatic rings.